The van der Waals surface area contributed by atoms with Crippen molar-refractivity contribution in [2.45, 2.75) is 45.1 Å². The topological polar surface area (TPSA) is 63.6 Å². The maximum atomic E-state index is 11.5. The van der Waals surface area contributed by atoms with E-state index in [0.717, 1.165) is 12.8 Å². The van der Waals surface area contributed by atoms with Crippen molar-refractivity contribution < 1.29 is 19.4 Å². The third-order valence-corrected chi connectivity index (χ3v) is 2.80. The largest absolute Gasteiger partial charge is 0.463 e. The van der Waals surface area contributed by atoms with Gasteiger partial charge >= 0.3 is 5.97 Å². The van der Waals surface area contributed by atoms with Gasteiger partial charge in [-0.15, -0.1) is 0 Å². The molecule has 1 aliphatic carbocycles. The van der Waals surface area contributed by atoms with Gasteiger partial charge in [-0.3, -0.25) is 4.79 Å². The molecule has 0 aromatic heterocycles. The van der Waals surface area contributed by atoms with Crippen LogP contribution in [0.15, 0.2) is 23.8 Å². The lowest BCUT2D eigenvalue weighted by Crippen LogP contribution is -2.20. The first-order valence-corrected chi connectivity index (χ1v) is 6.39. The van der Waals surface area contributed by atoms with Crippen LogP contribution in [0.1, 0.15) is 39.0 Å². The van der Waals surface area contributed by atoms with Crippen LogP contribution in [0.2, 0.25) is 0 Å². The number of hydrogen-bond donors (Lipinski definition) is 1. The van der Waals surface area contributed by atoms with Crippen molar-refractivity contribution in [1.29, 1.82) is 0 Å². The SMILES string of the molecule is CCOC(=O)/C=C/CCC(O)C1=CCCCC1=O. The van der Waals surface area contributed by atoms with E-state index in [-0.39, 0.29) is 11.8 Å². The Kier molecular flexibility index (Phi) is 6.36. The van der Waals surface area contributed by atoms with E-state index in [1.165, 1.54) is 6.08 Å². The number of allylic oxidation sites excluding steroid dienone is 2. The highest BCUT2D eigenvalue weighted by molar-refractivity contribution is 5.96. The Balaban J connectivity index is 2.33. The van der Waals surface area contributed by atoms with Gasteiger partial charge in [0.1, 0.15) is 0 Å². The van der Waals surface area contributed by atoms with Gasteiger partial charge in [0.25, 0.3) is 0 Å². The van der Waals surface area contributed by atoms with Crippen molar-refractivity contribution in [2.75, 3.05) is 6.61 Å². The number of ketones is 1. The summed E-state index contributed by atoms with van der Waals surface area (Å²) in [5.41, 5.74) is 0.533. The zero-order chi connectivity index (χ0) is 13.4. The van der Waals surface area contributed by atoms with E-state index in [2.05, 4.69) is 0 Å². The minimum Gasteiger partial charge on any atom is -0.463 e. The highest BCUT2D eigenvalue weighted by Crippen LogP contribution is 2.19. The van der Waals surface area contributed by atoms with E-state index >= 15 is 0 Å². The molecule has 1 atom stereocenters. The molecule has 4 nitrogen and oxygen atoms in total. The average Bonchev–Trinajstić information content (AvgIpc) is 2.35. The van der Waals surface area contributed by atoms with Crippen LogP contribution in [0.3, 0.4) is 0 Å². The summed E-state index contributed by atoms with van der Waals surface area (Å²) in [6.45, 7) is 2.10. The molecular weight excluding hydrogens is 232 g/mol. The fourth-order valence-corrected chi connectivity index (χ4v) is 1.88. The van der Waals surface area contributed by atoms with Crippen LogP contribution in [-0.4, -0.2) is 29.6 Å². The van der Waals surface area contributed by atoms with Crippen molar-refractivity contribution in [3.05, 3.63) is 23.8 Å². The average molecular weight is 252 g/mol. The first-order valence-electron chi connectivity index (χ1n) is 6.39. The Morgan fingerprint density at radius 2 is 2.39 bits per heavy atom. The molecule has 0 bridgehead atoms. The molecule has 0 heterocycles. The van der Waals surface area contributed by atoms with Crippen LogP contribution < -0.4 is 0 Å². The van der Waals surface area contributed by atoms with Crippen molar-refractivity contribution in [3.8, 4) is 0 Å². The summed E-state index contributed by atoms with van der Waals surface area (Å²) in [6, 6.07) is 0. The van der Waals surface area contributed by atoms with Crippen LogP contribution in [-0.2, 0) is 14.3 Å². The number of hydrogen-bond acceptors (Lipinski definition) is 4. The summed E-state index contributed by atoms with van der Waals surface area (Å²) in [5.74, 6) is -0.330. The molecule has 0 spiro atoms. The van der Waals surface area contributed by atoms with Crippen molar-refractivity contribution in [2.24, 2.45) is 0 Å². The number of carbonyl (C=O) groups excluding carboxylic acids is 2. The zero-order valence-electron chi connectivity index (χ0n) is 10.7. The van der Waals surface area contributed by atoms with E-state index < -0.39 is 6.10 Å². The normalized spacial score (nSPS) is 17.7. The molecule has 0 saturated heterocycles. The second kappa shape index (κ2) is 7.82. The van der Waals surface area contributed by atoms with Gasteiger partial charge < -0.3 is 9.84 Å². The van der Waals surface area contributed by atoms with Gasteiger partial charge in [-0.2, -0.15) is 0 Å². The number of Topliss-reactive ketones (excluding diaryl/α,β-unsaturated/α-hetero) is 1. The fourth-order valence-electron chi connectivity index (χ4n) is 1.88. The van der Waals surface area contributed by atoms with E-state index in [1.807, 2.05) is 6.08 Å². The summed E-state index contributed by atoms with van der Waals surface area (Å²) < 4.78 is 4.73. The number of aliphatic hydroxyl groups excluding tert-OH is 1. The van der Waals surface area contributed by atoms with Gasteiger partial charge in [-0.05, 0) is 32.6 Å². The number of aliphatic hydroxyl groups is 1. The van der Waals surface area contributed by atoms with Crippen LogP contribution in [0.25, 0.3) is 0 Å². The maximum absolute atomic E-state index is 11.5. The number of esters is 1. The standard InChI is InChI=1S/C14H20O4/c1-2-18-14(17)10-6-5-9-13(16)11-7-3-4-8-12(11)15/h6-7,10,13,16H,2-5,8-9H2,1H3/b10-6+. The summed E-state index contributed by atoms with van der Waals surface area (Å²) in [4.78, 5) is 22.5. The number of rotatable bonds is 6. The maximum Gasteiger partial charge on any atom is 0.330 e. The van der Waals surface area contributed by atoms with Crippen LogP contribution in [0, 0.1) is 0 Å². The summed E-state index contributed by atoms with van der Waals surface area (Å²) in [6.07, 6.45) is 7.38. The Labute approximate surface area is 107 Å². The summed E-state index contributed by atoms with van der Waals surface area (Å²) >= 11 is 0. The van der Waals surface area contributed by atoms with E-state index in [4.69, 9.17) is 4.74 Å². The van der Waals surface area contributed by atoms with Crippen molar-refractivity contribution in [1.82, 2.24) is 0 Å². The third-order valence-electron chi connectivity index (χ3n) is 2.80. The van der Waals surface area contributed by atoms with Gasteiger partial charge in [-0.1, -0.05) is 12.2 Å². The van der Waals surface area contributed by atoms with Gasteiger partial charge in [0, 0.05) is 18.1 Å². The molecule has 0 aliphatic heterocycles. The van der Waals surface area contributed by atoms with E-state index in [9.17, 15) is 14.7 Å². The molecule has 1 aliphatic rings. The summed E-state index contributed by atoms with van der Waals surface area (Å²) in [7, 11) is 0. The Hall–Kier alpha value is -1.42. The lowest BCUT2D eigenvalue weighted by molar-refractivity contribution is -0.137. The molecule has 1 rings (SSSR count). The quantitative estimate of drug-likeness (QED) is 0.579. The Morgan fingerprint density at radius 3 is 3.06 bits per heavy atom. The monoisotopic (exact) mass is 252 g/mol. The van der Waals surface area contributed by atoms with Crippen LogP contribution in [0.4, 0.5) is 0 Å². The molecule has 100 valence electrons. The van der Waals surface area contributed by atoms with Crippen molar-refractivity contribution >= 4 is 11.8 Å². The van der Waals surface area contributed by atoms with Gasteiger partial charge in [0.2, 0.25) is 0 Å². The van der Waals surface area contributed by atoms with E-state index in [0.29, 0.717) is 31.4 Å². The molecule has 0 radical (unpaired) electrons. The second-order valence-corrected chi connectivity index (χ2v) is 4.22. The predicted octanol–water partition coefficient (Wildman–Crippen LogP) is 1.93. The molecule has 0 saturated carbocycles. The Bertz CT molecular complexity index is 355. The highest BCUT2D eigenvalue weighted by atomic mass is 16.5. The molecule has 0 aromatic rings. The highest BCUT2D eigenvalue weighted by Gasteiger charge is 2.20. The molecule has 1 N–H and O–H groups in total. The first kappa shape index (κ1) is 14.6. The fraction of sp³-hybridized carbons (Fsp3) is 0.571. The lowest BCUT2D eigenvalue weighted by atomic mass is 9.92. The lowest BCUT2D eigenvalue weighted by Gasteiger charge is -2.16. The van der Waals surface area contributed by atoms with Crippen LogP contribution >= 0.6 is 0 Å². The van der Waals surface area contributed by atoms with Gasteiger partial charge in [0.05, 0.1) is 12.7 Å². The second-order valence-electron chi connectivity index (χ2n) is 4.22. The van der Waals surface area contributed by atoms with Crippen LogP contribution in [0.5, 0.6) is 0 Å². The summed E-state index contributed by atoms with van der Waals surface area (Å²) in [5, 5.41) is 9.87. The molecule has 1 unspecified atom stereocenters. The molecule has 18 heavy (non-hydrogen) atoms. The molecule has 0 amide bonds. The minimum absolute atomic E-state index is 0.0446. The molecule has 0 fully saturated rings. The molecule has 0 aromatic carbocycles. The number of ether oxygens (including phenoxy) is 1. The van der Waals surface area contributed by atoms with Gasteiger partial charge in [0.15, 0.2) is 5.78 Å². The first-order chi connectivity index (χ1) is 8.65. The number of carbonyl (C=O) groups is 2. The zero-order valence-corrected chi connectivity index (χ0v) is 10.7. The van der Waals surface area contributed by atoms with Gasteiger partial charge in [-0.25, -0.2) is 4.79 Å². The third kappa shape index (κ3) is 4.84. The molecule has 4 heteroatoms. The Morgan fingerprint density at radius 1 is 1.61 bits per heavy atom. The minimum atomic E-state index is -0.718. The van der Waals surface area contributed by atoms with Crippen molar-refractivity contribution in [3.63, 3.8) is 0 Å². The van der Waals surface area contributed by atoms with E-state index in [1.54, 1.807) is 13.0 Å². The smallest absolute Gasteiger partial charge is 0.330 e. The molecular formula is C14H20O4. The predicted molar refractivity (Wildman–Crippen MR) is 68.0 cm³/mol.